The van der Waals surface area contributed by atoms with Crippen molar-refractivity contribution in [2.75, 3.05) is 13.2 Å². The normalized spacial score (nSPS) is 19.5. The molecule has 4 aromatic rings. The van der Waals surface area contributed by atoms with E-state index in [0.717, 1.165) is 5.56 Å². The van der Waals surface area contributed by atoms with Crippen LogP contribution in [0.15, 0.2) is 59.3 Å². The van der Waals surface area contributed by atoms with Crippen molar-refractivity contribution in [3.05, 3.63) is 71.8 Å². The predicted molar refractivity (Wildman–Crippen MR) is 122 cm³/mol. The highest BCUT2D eigenvalue weighted by atomic mass is 19.1. The maximum Gasteiger partial charge on any atom is 0.254 e. The lowest BCUT2D eigenvalue weighted by molar-refractivity contribution is -0.195. The zero-order valence-corrected chi connectivity index (χ0v) is 18.7. The van der Waals surface area contributed by atoms with Crippen molar-refractivity contribution < 1.29 is 23.4 Å². The summed E-state index contributed by atoms with van der Waals surface area (Å²) in [5, 5.41) is 10.3. The molecule has 2 saturated heterocycles. The molecule has 2 fully saturated rings. The van der Waals surface area contributed by atoms with E-state index in [1.54, 1.807) is 38.1 Å². The highest BCUT2D eigenvalue weighted by molar-refractivity contribution is 5.96. The average Bonchev–Trinajstić information content (AvgIpc) is 3.24. The number of carbonyl (C=O) groups is 1. The molecule has 2 aliphatic rings. The molecule has 1 amide bonds. The molecule has 34 heavy (non-hydrogen) atoms. The topological polar surface area (TPSA) is 88.7 Å². The molecule has 0 radical (unpaired) electrons. The second-order valence-electron chi connectivity index (χ2n) is 9.31. The van der Waals surface area contributed by atoms with Crippen molar-refractivity contribution in [1.82, 2.24) is 14.9 Å². The minimum Gasteiger partial charge on any atom is -0.452 e. The van der Waals surface area contributed by atoms with Gasteiger partial charge in [-0.2, -0.15) is 0 Å². The number of halogens is 1. The van der Waals surface area contributed by atoms with Crippen LogP contribution in [0.4, 0.5) is 4.39 Å². The summed E-state index contributed by atoms with van der Waals surface area (Å²) in [4.78, 5) is 23.2. The van der Waals surface area contributed by atoms with E-state index in [1.165, 1.54) is 18.5 Å². The Morgan fingerprint density at radius 1 is 1.12 bits per heavy atom. The summed E-state index contributed by atoms with van der Waals surface area (Å²) in [7, 11) is 0. The average molecular weight is 459 g/mol. The lowest BCUT2D eigenvalue weighted by atomic mass is 9.93. The Kier molecular flexibility index (Phi) is 4.59. The molecule has 6 rings (SSSR count). The van der Waals surface area contributed by atoms with Crippen molar-refractivity contribution >= 4 is 17.0 Å². The van der Waals surface area contributed by atoms with E-state index < -0.39 is 11.4 Å². The molecule has 7 nitrogen and oxygen atoms in total. The monoisotopic (exact) mass is 459 g/mol. The highest BCUT2D eigenvalue weighted by Crippen LogP contribution is 2.35. The summed E-state index contributed by atoms with van der Waals surface area (Å²) in [5.74, 6) is 0.0873. The number of benzene rings is 2. The molecule has 1 unspecified atom stereocenters. The molecule has 0 spiro atoms. The zero-order valence-electron chi connectivity index (χ0n) is 18.7. The number of rotatable bonds is 4. The van der Waals surface area contributed by atoms with Gasteiger partial charge in [0.25, 0.3) is 5.91 Å². The van der Waals surface area contributed by atoms with Gasteiger partial charge < -0.3 is 19.2 Å². The van der Waals surface area contributed by atoms with E-state index in [9.17, 15) is 14.3 Å². The molecule has 172 valence electrons. The number of aromatic nitrogens is 2. The van der Waals surface area contributed by atoms with E-state index in [4.69, 9.17) is 9.15 Å². The fourth-order valence-corrected chi connectivity index (χ4v) is 4.43. The SMILES string of the molecule is CC(C)(O)c1cc(F)cc(-c2ncnc3cc(-c4ccc(C(=O)N5CC6OC[C@H]65)cc4)oc23)c1. The third-order valence-corrected chi connectivity index (χ3v) is 6.55. The molecular weight excluding hydrogens is 437 g/mol. The summed E-state index contributed by atoms with van der Waals surface area (Å²) in [6, 6.07) is 13.6. The molecule has 2 aliphatic heterocycles. The van der Waals surface area contributed by atoms with Crippen LogP contribution in [0.3, 0.4) is 0 Å². The minimum atomic E-state index is -1.21. The number of hydrogen-bond acceptors (Lipinski definition) is 6. The molecule has 2 aromatic carbocycles. The van der Waals surface area contributed by atoms with Crippen LogP contribution in [-0.4, -0.2) is 51.2 Å². The Morgan fingerprint density at radius 3 is 2.56 bits per heavy atom. The van der Waals surface area contributed by atoms with E-state index >= 15 is 0 Å². The summed E-state index contributed by atoms with van der Waals surface area (Å²) < 4.78 is 25.8. The number of likely N-dealkylation sites (tertiary alicyclic amines) is 1. The molecule has 2 aromatic heterocycles. The van der Waals surface area contributed by atoms with Crippen LogP contribution in [0.1, 0.15) is 29.8 Å². The van der Waals surface area contributed by atoms with Crippen LogP contribution >= 0.6 is 0 Å². The number of aliphatic hydroxyl groups is 1. The van der Waals surface area contributed by atoms with Gasteiger partial charge in [0.2, 0.25) is 0 Å². The maximum absolute atomic E-state index is 14.3. The van der Waals surface area contributed by atoms with Crippen molar-refractivity contribution in [2.24, 2.45) is 0 Å². The van der Waals surface area contributed by atoms with Crippen molar-refractivity contribution in [1.29, 1.82) is 0 Å². The molecule has 1 N–H and O–H groups in total. The van der Waals surface area contributed by atoms with Gasteiger partial charge in [0.15, 0.2) is 5.58 Å². The van der Waals surface area contributed by atoms with Crippen LogP contribution in [0, 0.1) is 5.82 Å². The Bertz CT molecular complexity index is 1420. The van der Waals surface area contributed by atoms with Gasteiger partial charge in [0.05, 0.1) is 24.4 Å². The summed E-state index contributed by atoms with van der Waals surface area (Å²) in [5.41, 5.74) is 2.53. The summed E-state index contributed by atoms with van der Waals surface area (Å²) in [6.45, 7) is 4.45. The van der Waals surface area contributed by atoms with Gasteiger partial charge in [-0.1, -0.05) is 12.1 Å². The predicted octanol–water partition coefficient (Wildman–Crippen LogP) is 4.15. The number of amides is 1. The quantitative estimate of drug-likeness (QED) is 0.493. The second kappa shape index (κ2) is 7.44. The lowest BCUT2D eigenvalue weighted by Crippen LogP contribution is -2.71. The largest absolute Gasteiger partial charge is 0.452 e. The van der Waals surface area contributed by atoms with Crippen molar-refractivity contribution in [3.8, 4) is 22.6 Å². The summed E-state index contributed by atoms with van der Waals surface area (Å²) in [6.07, 6.45) is 1.60. The van der Waals surface area contributed by atoms with E-state index in [0.29, 0.717) is 52.4 Å². The van der Waals surface area contributed by atoms with Crippen LogP contribution in [0.2, 0.25) is 0 Å². The molecule has 8 heteroatoms. The van der Waals surface area contributed by atoms with Crippen molar-refractivity contribution in [2.45, 2.75) is 31.6 Å². The van der Waals surface area contributed by atoms with Gasteiger partial charge in [-0.3, -0.25) is 4.79 Å². The van der Waals surface area contributed by atoms with E-state index in [2.05, 4.69) is 9.97 Å². The van der Waals surface area contributed by atoms with Crippen LogP contribution in [0.25, 0.3) is 33.7 Å². The second-order valence-corrected chi connectivity index (χ2v) is 9.31. The Labute approximate surface area is 194 Å². The third-order valence-electron chi connectivity index (χ3n) is 6.55. The highest BCUT2D eigenvalue weighted by Gasteiger charge is 2.49. The first kappa shape index (κ1) is 20.9. The fourth-order valence-electron chi connectivity index (χ4n) is 4.43. The third kappa shape index (κ3) is 3.38. The van der Waals surface area contributed by atoms with Gasteiger partial charge >= 0.3 is 0 Å². The smallest absolute Gasteiger partial charge is 0.254 e. The van der Waals surface area contributed by atoms with E-state index in [1.807, 2.05) is 17.0 Å². The number of hydrogen-bond donors (Lipinski definition) is 1. The first-order chi connectivity index (χ1) is 16.3. The number of furan rings is 1. The first-order valence-electron chi connectivity index (χ1n) is 11.1. The van der Waals surface area contributed by atoms with Crippen LogP contribution < -0.4 is 0 Å². The van der Waals surface area contributed by atoms with Gasteiger partial charge in [0.1, 0.15) is 29.1 Å². The molecule has 4 heterocycles. The number of fused-ring (bicyclic) bond motifs is 2. The number of morpholine rings is 1. The molecule has 0 aliphatic carbocycles. The minimum absolute atomic E-state index is 0.00238. The summed E-state index contributed by atoms with van der Waals surface area (Å²) >= 11 is 0. The van der Waals surface area contributed by atoms with Crippen LogP contribution in [-0.2, 0) is 10.3 Å². The van der Waals surface area contributed by atoms with Gasteiger partial charge in [-0.15, -0.1) is 0 Å². The number of ether oxygens (including phenoxy) is 1. The lowest BCUT2D eigenvalue weighted by Gasteiger charge is -2.54. The molecule has 0 saturated carbocycles. The number of carbonyl (C=O) groups excluding carboxylic acids is 1. The van der Waals surface area contributed by atoms with E-state index in [-0.39, 0.29) is 18.1 Å². The molecule has 2 atom stereocenters. The number of nitrogens with zero attached hydrogens (tertiary/aromatic N) is 3. The maximum atomic E-state index is 14.3. The first-order valence-corrected chi connectivity index (χ1v) is 11.1. The molecule has 0 bridgehead atoms. The molecular formula is C26H22FN3O4. The standard InChI is InChI=1S/C26H22FN3O4/c1-26(2,32)17-7-16(8-18(27)9-17)23-24-19(28-13-29-23)10-21(34-24)14-3-5-15(6-4-14)25(31)30-11-22-20(30)12-33-22/h3-10,13,20,22,32H,11-12H2,1-2H3/t20-,22?/m1/s1. The zero-order chi connectivity index (χ0) is 23.6. The Balaban J connectivity index is 1.33. The van der Waals surface area contributed by atoms with Gasteiger partial charge in [-0.25, -0.2) is 14.4 Å². The van der Waals surface area contributed by atoms with Gasteiger partial charge in [0, 0.05) is 29.3 Å². The Hall–Kier alpha value is -3.62. The fraction of sp³-hybridized carbons (Fsp3) is 0.269. The van der Waals surface area contributed by atoms with Crippen molar-refractivity contribution in [3.63, 3.8) is 0 Å². The van der Waals surface area contributed by atoms with Gasteiger partial charge in [-0.05, 0) is 49.7 Å². The van der Waals surface area contributed by atoms with Crippen LogP contribution in [0.5, 0.6) is 0 Å². The Morgan fingerprint density at radius 2 is 1.91 bits per heavy atom.